The van der Waals surface area contributed by atoms with Crippen molar-refractivity contribution in [1.29, 1.82) is 0 Å². The molecule has 5 heteroatoms. The summed E-state index contributed by atoms with van der Waals surface area (Å²) in [4.78, 5) is 12.4. The number of hydrogen-bond acceptors (Lipinski definition) is 3. The number of hydrogen-bond donors (Lipinski definition) is 0. The molecule has 170 valence electrons. The van der Waals surface area contributed by atoms with Crippen molar-refractivity contribution in [2.24, 2.45) is 0 Å². The Morgan fingerprint density at radius 3 is 2.52 bits per heavy atom. The van der Waals surface area contributed by atoms with Crippen LogP contribution in [0.5, 0.6) is 5.75 Å². The van der Waals surface area contributed by atoms with E-state index in [0.29, 0.717) is 23.8 Å². The number of rotatable bonds is 7. The highest BCUT2D eigenvalue weighted by molar-refractivity contribution is 6.30. The molecule has 0 saturated carbocycles. The molecule has 0 aliphatic heterocycles. The summed E-state index contributed by atoms with van der Waals surface area (Å²) in [5.41, 5.74) is 6.80. The lowest BCUT2D eigenvalue weighted by Crippen LogP contribution is -2.05. The van der Waals surface area contributed by atoms with Crippen molar-refractivity contribution in [1.82, 2.24) is 0 Å². The third-order valence-electron chi connectivity index (χ3n) is 5.73. The van der Waals surface area contributed by atoms with E-state index in [9.17, 15) is 9.18 Å². The summed E-state index contributed by atoms with van der Waals surface area (Å²) < 4.78 is 24.6. The summed E-state index contributed by atoms with van der Waals surface area (Å²) in [7, 11) is 0. The fourth-order valence-corrected chi connectivity index (χ4v) is 4.43. The fraction of sp³-hybridized carbons (Fsp3) is 0.250. The number of aryl methyl sites for hydroxylation is 1. The van der Waals surface area contributed by atoms with Crippen molar-refractivity contribution in [2.75, 3.05) is 6.61 Å². The van der Waals surface area contributed by atoms with Crippen LogP contribution in [0.25, 0.3) is 11.1 Å². The Morgan fingerprint density at radius 2 is 1.76 bits per heavy atom. The van der Waals surface area contributed by atoms with Gasteiger partial charge in [-0.15, -0.1) is 0 Å². The van der Waals surface area contributed by atoms with Gasteiger partial charge < -0.3 is 9.47 Å². The molecular weight excluding hydrogens is 439 g/mol. The number of ether oxygens (including phenoxy) is 2. The second-order valence-electron chi connectivity index (χ2n) is 8.17. The van der Waals surface area contributed by atoms with Crippen molar-refractivity contribution in [2.45, 2.75) is 39.7 Å². The Bertz CT molecular complexity index is 1200. The monoisotopic (exact) mass is 464 g/mol. The molecule has 0 atom stereocenters. The van der Waals surface area contributed by atoms with Gasteiger partial charge in [-0.05, 0) is 103 Å². The quantitative estimate of drug-likeness (QED) is 0.337. The van der Waals surface area contributed by atoms with Gasteiger partial charge in [0.1, 0.15) is 18.2 Å². The molecule has 1 aliphatic carbocycles. The van der Waals surface area contributed by atoms with E-state index in [1.807, 2.05) is 37.3 Å². The normalized spacial score (nSPS) is 13.3. The molecular formula is C28H26ClFO3. The minimum absolute atomic E-state index is 0.271. The first-order valence-electron chi connectivity index (χ1n) is 11.1. The molecule has 0 N–H and O–H groups in total. The molecule has 0 unspecified atom stereocenters. The zero-order valence-corrected chi connectivity index (χ0v) is 19.5. The van der Waals surface area contributed by atoms with Crippen molar-refractivity contribution >= 4 is 28.7 Å². The molecule has 3 nitrogen and oxygen atoms in total. The predicted octanol–water partition coefficient (Wildman–Crippen LogP) is 7.64. The van der Waals surface area contributed by atoms with E-state index in [1.165, 1.54) is 23.3 Å². The summed E-state index contributed by atoms with van der Waals surface area (Å²) >= 11 is 6.37. The van der Waals surface area contributed by atoms with Crippen LogP contribution in [0.1, 0.15) is 58.8 Å². The van der Waals surface area contributed by atoms with Crippen LogP contribution in [0, 0.1) is 12.7 Å². The maximum absolute atomic E-state index is 13.2. The highest BCUT2D eigenvalue weighted by Gasteiger charge is 2.22. The van der Waals surface area contributed by atoms with Crippen LogP contribution in [0.15, 0.2) is 60.7 Å². The van der Waals surface area contributed by atoms with E-state index in [1.54, 1.807) is 19.1 Å². The minimum atomic E-state index is -0.311. The van der Waals surface area contributed by atoms with E-state index < -0.39 is 0 Å². The first-order valence-corrected chi connectivity index (χ1v) is 11.5. The van der Waals surface area contributed by atoms with E-state index in [0.717, 1.165) is 47.3 Å². The SMILES string of the molecule is CCOC(=O)c1cc(C)cc(C2=C(c3cc(Cl)ccc3OCc3ccc(F)cc3)CCC2)c1. The molecule has 0 amide bonds. The maximum atomic E-state index is 13.2. The minimum Gasteiger partial charge on any atom is -0.488 e. The van der Waals surface area contributed by atoms with Gasteiger partial charge in [0.2, 0.25) is 0 Å². The van der Waals surface area contributed by atoms with Gasteiger partial charge in [-0.3, -0.25) is 0 Å². The third kappa shape index (κ3) is 5.45. The van der Waals surface area contributed by atoms with Gasteiger partial charge in [-0.1, -0.05) is 29.8 Å². The summed E-state index contributed by atoms with van der Waals surface area (Å²) in [5, 5.41) is 0.634. The van der Waals surface area contributed by atoms with E-state index >= 15 is 0 Å². The predicted molar refractivity (Wildman–Crippen MR) is 130 cm³/mol. The van der Waals surface area contributed by atoms with Crippen LogP contribution in [0.4, 0.5) is 4.39 Å². The highest BCUT2D eigenvalue weighted by Crippen LogP contribution is 2.44. The first-order chi connectivity index (χ1) is 15.9. The lowest BCUT2D eigenvalue weighted by molar-refractivity contribution is 0.0526. The molecule has 0 saturated heterocycles. The largest absolute Gasteiger partial charge is 0.488 e. The molecule has 0 aromatic heterocycles. The molecule has 0 bridgehead atoms. The lowest BCUT2D eigenvalue weighted by Gasteiger charge is -2.16. The number of esters is 1. The molecule has 1 aliphatic rings. The Balaban J connectivity index is 1.71. The van der Waals surface area contributed by atoms with Gasteiger partial charge in [-0.2, -0.15) is 0 Å². The molecule has 4 rings (SSSR count). The summed E-state index contributed by atoms with van der Waals surface area (Å²) in [6.07, 6.45) is 2.81. The second-order valence-corrected chi connectivity index (χ2v) is 8.61. The van der Waals surface area contributed by atoms with Crippen molar-refractivity contribution < 1.29 is 18.7 Å². The molecule has 3 aromatic carbocycles. The zero-order chi connectivity index (χ0) is 23.4. The Hall–Kier alpha value is -3.11. The molecule has 0 fully saturated rings. The lowest BCUT2D eigenvalue weighted by atomic mass is 9.94. The Morgan fingerprint density at radius 1 is 1.00 bits per heavy atom. The average Bonchev–Trinajstić information content (AvgIpc) is 3.29. The number of benzene rings is 3. The first kappa shape index (κ1) is 23.1. The fourth-order valence-electron chi connectivity index (χ4n) is 4.25. The van der Waals surface area contributed by atoms with E-state index in [2.05, 4.69) is 6.07 Å². The number of allylic oxidation sites excluding steroid dienone is 2. The van der Waals surface area contributed by atoms with E-state index in [4.69, 9.17) is 21.1 Å². The van der Waals surface area contributed by atoms with Crippen LogP contribution in [-0.4, -0.2) is 12.6 Å². The molecule has 0 spiro atoms. The van der Waals surface area contributed by atoms with Crippen LogP contribution < -0.4 is 4.74 Å². The van der Waals surface area contributed by atoms with Crippen molar-refractivity contribution in [3.63, 3.8) is 0 Å². The van der Waals surface area contributed by atoms with Crippen LogP contribution in [0.2, 0.25) is 5.02 Å². The summed E-state index contributed by atoms with van der Waals surface area (Å²) in [6, 6.07) is 17.8. The Labute approximate surface area is 198 Å². The van der Waals surface area contributed by atoms with Crippen LogP contribution >= 0.6 is 11.6 Å². The summed E-state index contributed by atoms with van der Waals surface area (Å²) in [6.45, 7) is 4.46. The Kier molecular flexibility index (Phi) is 7.14. The molecule has 33 heavy (non-hydrogen) atoms. The molecule has 3 aromatic rings. The molecule has 0 heterocycles. The van der Waals surface area contributed by atoms with Gasteiger partial charge in [0, 0.05) is 10.6 Å². The number of carbonyl (C=O) groups is 1. The van der Waals surface area contributed by atoms with Gasteiger partial charge in [0.15, 0.2) is 0 Å². The average molecular weight is 465 g/mol. The van der Waals surface area contributed by atoms with Gasteiger partial charge in [-0.25, -0.2) is 9.18 Å². The van der Waals surface area contributed by atoms with Crippen molar-refractivity contribution in [3.05, 3.63) is 99.3 Å². The van der Waals surface area contributed by atoms with Gasteiger partial charge in [0.25, 0.3) is 0 Å². The second kappa shape index (κ2) is 10.2. The standard InChI is InChI=1S/C28H26ClFO3/c1-3-32-28(31)21-14-18(2)13-20(15-21)24-5-4-6-25(24)26-16-22(29)9-12-27(26)33-17-19-7-10-23(30)11-8-19/h7-16H,3-6,17H2,1-2H3. The maximum Gasteiger partial charge on any atom is 0.338 e. The van der Waals surface area contributed by atoms with Crippen molar-refractivity contribution in [3.8, 4) is 5.75 Å². The smallest absolute Gasteiger partial charge is 0.338 e. The van der Waals surface area contributed by atoms with Gasteiger partial charge in [0.05, 0.1) is 12.2 Å². The number of carbonyl (C=O) groups excluding carboxylic acids is 1. The zero-order valence-electron chi connectivity index (χ0n) is 18.8. The number of halogens is 2. The third-order valence-corrected chi connectivity index (χ3v) is 5.96. The van der Waals surface area contributed by atoms with Crippen LogP contribution in [-0.2, 0) is 11.3 Å². The summed E-state index contributed by atoms with van der Waals surface area (Å²) in [5.74, 6) is 0.150. The topological polar surface area (TPSA) is 35.5 Å². The van der Waals surface area contributed by atoms with Crippen LogP contribution in [0.3, 0.4) is 0 Å². The van der Waals surface area contributed by atoms with Gasteiger partial charge >= 0.3 is 5.97 Å². The molecule has 0 radical (unpaired) electrons. The highest BCUT2D eigenvalue weighted by atomic mass is 35.5. The van der Waals surface area contributed by atoms with E-state index in [-0.39, 0.29) is 11.8 Å².